The highest BCUT2D eigenvalue weighted by Crippen LogP contribution is 2.19. The second-order valence-electron chi connectivity index (χ2n) is 5.00. The van der Waals surface area contributed by atoms with E-state index < -0.39 is 0 Å². The highest BCUT2D eigenvalue weighted by molar-refractivity contribution is 7.99. The highest BCUT2D eigenvalue weighted by Gasteiger charge is 2.15. The van der Waals surface area contributed by atoms with E-state index in [4.69, 9.17) is 4.74 Å². The molecule has 0 spiro atoms. The first-order valence-electron chi connectivity index (χ1n) is 5.78. The molecule has 0 amide bonds. The number of benzene rings is 1. The van der Waals surface area contributed by atoms with Gasteiger partial charge in [0.05, 0.1) is 6.42 Å². The first kappa shape index (κ1) is 14.1. The number of rotatable bonds is 4. The first-order chi connectivity index (χ1) is 7.87. The number of carbonyl (C=O) groups excluding carboxylic acids is 1. The Morgan fingerprint density at radius 3 is 2.35 bits per heavy atom. The van der Waals surface area contributed by atoms with E-state index in [1.807, 2.05) is 20.8 Å². The second kappa shape index (κ2) is 6.10. The largest absolute Gasteiger partial charge is 0.460 e. The van der Waals surface area contributed by atoms with Gasteiger partial charge < -0.3 is 4.74 Å². The first-order valence-corrected chi connectivity index (χ1v) is 6.77. The highest BCUT2D eigenvalue weighted by atomic mass is 32.2. The fraction of sp³-hybridized carbons (Fsp3) is 0.500. The Morgan fingerprint density at radius 2 is 1.82 bits per heavy atom. The fourth-order valence-electron chi connectivity index (χ4n) is 1.28. The summed E-state index contributed by atoms with van der Waals surface area (Å²) in [6.45, 7) is 7.73. The molecule has 1 aromatic carbocycles. The van der Waals surface area contributed by atoms with Gasteiger partial charge >= 0.3 is 5.97 Å². The van der Waals surface area contributed by atoms with Crippen molar-refractivity contribution in [2.75, 3.05) is 5.75 Å². The Hall–Kier alpha value is -0.960. The zero-order valence-corrected chi connectivity index (χ0v) is 11.8. The Morgan fingerprint density at radius 1 is 1.24 bits per heavy atom. The van der Waals surface area contributed by atoms with E-state index in [0.717, 1.165) is 5.75 Å². The van der Waals surface area contributed by atoms with Crippen LogP contribution < -0.4 is 0 Å². The van der Waals surface area contributed by atoms with E-state index >= 15 is 0 Å². The molecular formula is C14H20O2S. The Balaban J connectivity index is 2.28. The van der Waals surface area contributed by atoms with Gasteiger partial charge in [0.15, 0.2) is 0 Å². The van der Waals surface area contributed by atoms with Crippen LogP contribution in [0.5, 0.6) is 0 Å². The molecule has 0 aromatic heterocycles. The molecule has 17 heavy (non-hydrogen) atoms. The van der Waals surface area contributed by atoms with E-state index in [2.05, 4.69) is 31.2 Å². The summed E-state index contributed by atoms with van der Waals surface area (Å²) in [5, 5.41) is 0. The Labute approximate surface area is 108 Å². The van der Waals surface area contributed by atoms with Crippen LogP contribution in [-0.2, 0) is 9.53 Å². The van der Waals surface area contributed by atoms with Gasteiger partial charge in [-0.05, 0) is 39.8 Å². The van der Waals surface area contributed by atoms with Crippen LogP contribution in [0.15, 0.2) is 29.2 Å². The van der Waals surface area contributed by atoms with Crippen LogP contribution in [0.2, 0.25) is 0 Å². The quantitative estimate of drug-likeness (QED) is 0.602. The lowest BCUT2D eigenvalue weighted by Crippen LogP contribution is -2.23. The lowest BCUT2D eigenvalue weighted by atomic mass is 10.2. The van der Waals surface area contributed by atoms with Gasteiger partial charge in [0.25, 0.3) is 0 Å². The monoisotopic (exact) mass is 252 g/mol. The molecule has 0 bridgehead atoms. The van der Waals surface area contributed by atoms with Crippen molar-refractivity contribution in [3.05, 3.63) is 29.8 Å². The number of hydrogen-bond donors (Lipinski definition) is 0. The van der Waals surface area contributed by atoms with Crippen molar-refractivity contribution in [2.24, 2.45) is 0 Å². The summed E-state index contributed by atoms with van der Waals surface area (Å²) in [4.78, 5) is 12.7. The molecule has 94 valence electrons. The van der Waals surface area contributed by atoms with Gasteiger partial charge in [-0.2, -0.15) is 0 Å². The second-order valence-corrected chi connectivity index (χ2v) is 6.17. The van der Waals surface area contributed by atoms with Gasteiger partial charge in [0.2, 0.25) is 0 Å². The maximum Gasteiger partial charge on any atom is 0.307 e. The maximum atomic E-state index is 11.5. The molecule has 0 N–H and O–H groups in total. The molecule has 0 saturated heterocycles. The number of thioether (sulfide) groups is 1. The van der Waals surface area contributed by atoms with E-state index in [-0.39, 0.29) is 11.6 Å². The van der Waals surface area contributed by atoms with E-state index in [1.165, 1.54) is 10.5 Å². The van der Waals surface area contributed by atoms with Crippen molar-refractivity contribution in [1.29, 1.82) is 0 Å². The summed E-state index contributed by atoms with van der Waals surface area (Å²) in [6.07, 6.45) is 0.454. The smallest absolute Gasteiger partial charge is 0.307 e. The summed E-state index contributed by atoms with van der Waals surface area (Å²) in [5.41, 5.74) is 0.868. The van der Waals surface area contributed by atoms with E-state index in [1.54, 1.807) is 11.8 Å². The van der Waals surface area contributed by atoms with Crippen molar-refractivity contribution < 1.29 is 9.53 Å². The van der Waals surface area contributed by atoms with Crippen LogP contribution in [-0.4, -0.2) is 17.3 Å². The molecule has 0 aliphatic heterocycles. The third-order valence-electron chi connectivity index (χ3n) is 2.02. The van der Waals surface area contributed by atoms with Crippen LogP contribution >= 0.6 is 11.8 Å². The number of hydrogen-bond acceptors (Lipinski definition) is 3. The van der Waals surface area contributed by atoms with Gasteiger partial charge in [-0.1, -0.05) is 17.7 Å². The average Bonchev–Trinajstić information content (AvgIpc) is 2.18. The number of carbonyl (C=O) groups is 1. The minimum atomic E-state index is -0.383. The predicted octanol–water partition coefficient (Wildman–Crippen LogP) is 3.82. The fourth-order valence-corrected chi connectivity index (χ4v) is 2.11. The van der Waals surface area contributed by atoms with Gasteiger partial charge in [-0.25, -0.2) is 0 Å². The molecule has 0 heterocycles. The lowest BCUT2D eigenvalue weighted by Gasteiger charge is -2.19. The van der Waals surface area contributed by atoms with Crippen LogP contribution in [0.4, 0.5) is 0 Å². The minimum Gasteiger partial charge on any atom is -0.460 e. The van der Waals surface area contributed by atoms with Crippen molar-refractivity contribution >= 4 is 17.7 Å². The van der Waals surface area contributed by atoms with Gasteiger partial charge in [-0.3, -0.25) is 4.79 Å². The zero-order valence-electron chi connectivity index (χ0n) is 10.9. The number of aryl methyl sites for hydroxylation is 1. The molecule has 0 fully saturated rings. The third-order valence-corrected chi connectivity index (χ3v) is 3.03. The van der Waals surface area contributed by atoms with Crippen molar-refractivity contribution in [2.45, 2.75) is 44.6 Å². The normalized spacial score (nSPS) is 11.3. The molecule has 0 radical (unpaired) electrons. The molecule has 0 saturated carbocycles. The zero-order chi connectivity index (χ0) is 12.9. The van der Waals surface area contributed by atoms with E-state index in [0.29, 0.717) is 6.42 Å². The summed E-state index contributed by atoms with van der Waals surface area (Å²) in [5.74, 6) is 0.634. The van der Waals surface area contributed by atoms with Crippen molar-refractivity contribution in [1.82, 2.24) is 0 Å². The van der Waals surface area contributed by atoms with Crippen LogP contribution in [0.3, 0.4) is 0 Å². The molecule has 1 aromatic rings. The lowest BCUT2D eigenvalue weighted by molar-refractivity contribution is -0.154. The van der Waals surface area contributed by atoms with Crippen LogP contribution in [0, 0.1) is 6.92 Å². The molecule has 1 rings (SSSR count). The Kier molecular flexibility index (Phi) is 5.06. The number of ether oxygens (including phenoxy) is 1. The summed E-state index contributed by atoms with van der Waals surface area (Å²) in [6, 6.07) is 8.32. The summed E-state index contributed by atoms with van der Waals surface area (Å²) < 4.78 is 5.24. The van der Waals surface area contributed by atoms with Crippen molar-refractivity contribution in [3.8, 4) is 0 Å². The predicted molar refractivity (Wildman–Crippen MR) is 72.4 cm³/mol. The molecule has 0 aliphatic carbocycles. The van der Waals surface area contributed by atoms with Crippen LogP contribution in [0.25, 0.3) is 0 Å². The maximum absolute atomic E-state index is 11.5. The SMILES string of the molecule is Cc1ccc(SCCC(=O)OC(C)(C)C)cc1. The summed E-state index contributed by atoms with van der Waals surface area (Å²) in [7, 11) is 0. The third kappa shape index (κ3) is 6.37. The topological polar surface area (TPSA) is 26.3 Å². The van der Waals surface area contributed by atoms with Crippen molar-refractivity contribution in [3.63, 3.8) is 0 Å². The summed E-state index contributed by atoms with van der Waals surface area (Å²) >= 11 is 1.68. The van der Waals surface area contributed by atoms with Crippen LogP contribution in [0.1, 0.15) is 32.8 Å². The Bertz CT molecular complexity index is 363. The standard InChI is InChI=1S/C14H20O2S/c1-11-5-7-12(8-6-11)17-10-9-13(15)16-14(2,3)4/h5-8H,9-10H2,1-4H3. The van der Waals surface area contributed by atoms with Gasteiger partial charge in [0.1, 0.15) is 5.60 Å². The molecule has 3 heteroatoms. The molecule has 0 atom stereocenters. The minimum absolute atomic E-state index is 0.128. The number of esters is 1. The van der Waals surface area contributed by atoms with Gasteiger partial charge in [0, 0.05) is 10.6 Å². The molecule has 2 nitrogen and oxygen atoms in total. The van der Waals surface area contributed by atoms with Gasteiger partial charge in [-0.15, -0.1) is 11.8 Å². The average molecular weight is 252 g/mol. The molecule has 0 unspecified atom stereocenters. The molecular weight excluding hydrogens is 232 g/mol. The molecule has 0 aliphatic rings. The van der Waals surface area contributed by atoms with E-state index in [9.17, 15) is 4.79 Å².